The Bertz CT molecular complexity index is 590. The van der Waals surface area contributed by atoms with E-state index in [0.717, 1.165) is 56.1 Å². The van der Waals surface area contributed by atoms with E-state index < -0.39 is 0 Å². The van der Waals surface area contributed by atoms with Crippen LogP contribution in [0.3, 0.4) is 0 Å². The molecule has 1 fully saturated rings. The molecule has 1 saturated heterocycles. The van der Waals surface area contributed by atoms with Gasteiger partial charge in [0.2, 0.25) is 0 Å². The maximum atomic E-state index is 4.72. The number of nitrogens with one attached hydrogen (secondary N) is 2. The second-order valence-electron chi connectivity index (χ2n) is 8.60. The van der Waals surface area contributed by atoms with Crippen molar-refractivity contribution in [3.05, 3.63) is 17.5 Å². The lowest BCUT2D eigenvalue weighted by Gasteiger charge is -2.34. The first kappa shape index (κ1) is 26.2. The quantitative estimate of drug-likeness (QED) is 0.214. The highest BCUT2D eigenvalue weighted by Crippen LogP contribution is 2.20. The predicted molar refractivity (Wildman–Crippen MR) is 134 cm³/mol. The molecule has 0 aromatic carbocycles. The van der Waals surface area contributed by atoms with E-state index in [1.165, 1.54) is 44.6 Å². The molecule has 0 amide bonds. The normalized spacial score (nSPS) is 20.4. The first-order valence-electron chi connectivity index (χ1n) is 11.2. The van der Waals surface area contributed by atoms with Crippen LogP contribution >= 0.6 is 24.0 Å². The summed E-state index contributed by atoms with van der Waals surface area (Å²) in [6.07, 6.45) is 4.84. The van der Waals surface area contributed by atoms with Gasteiger partial charge in [-0.15, -0.1) is 24.0 Å². The number of aromatic nitrogens is 2. The number of aryl methyl sites for hydroxylation is 3. The van der Waals surface area contributed by atoms with Gasteiger partial charge >= 0.3 is 0 Å². The zero-order chi connectivity index (χ0) is 20.4. The highest BCUT2D eigenvalue weighted by molar-refractivity contribution is 14.0. The smallest absolute Gasteiger partial charge is 0.191 e. The minimum Gasteiger partial charge on any atom is -0.357 e. The Kier molecular flexibility index (Phi) is 12.9. The summed E-state index contributed by atoms with van der Waals surface area (Å²) in [5.41, 5.74) is 2.31. The molecule has 1 aromatic heterocycles. The molecular weight excluding hydrogens is 475 g/mol. The molecule has 0 aliphatic carbocycles. The number of piperidine rings is 1. The fraction of sp³-hybridized carbons (Fsp3) is 0.818. The minimum absolute atomic E-state index is 0. The van der Waals surface area contributed by atoms with Crippen molar-refractivity contribution in [1.29, 1.82) is 0 Å². The number of likely N-dealkylation sites (tertiary alicyclic amines) is 1. The molecule has 0 spiro atoms. The minimum atomic E-state index is 0. The Balaban J connectivity index is 0.00000420. The highest BCUT2D eigenvalue weighted by atomic mass is 127. The average molecular weight is 519 g/mol. The van der Waals surface area contributed by atoms with Crippen LogP contribution in [0.1, 0.15) is 57.8 Å². The van der Waals surface area contributed by atoms with Crippen molar-refractivity contribution in [1.82, 2.24) is 25.3 Å². The summed E-state index contributed by atoms with van der Waals surface area (Å²) in [5.74, 6) is 2.64. The lowest BCUT2D eigenvalue weighted by molar-refractivity contribution is 0.139. The Morgan fingerprint density at radius 1 is 1.10 bits per heavy atom. The van der Waals surface area contributed by atoms with Gasteiger partial charge in [-0.05, 0) is 70.9 Å². The summed E-state index contributed by atoms with van der Waals surface area (Å²) in [4.78, 5) is 7.37. The van der Waals surface area contributed by atoms with Crippen LogP contribution < -0.4 is 10.6 Å². The monoisotopic (exact) mass is 518 g/mol. The molecular formula is C22H43IN6. The van der Waals surface area contributed by atoms with E-state index in [9.17, 15) is 0 Å². The molecule has 1 aromatic rings. The van der Waals surface area contributed by atoms with E-state index in [2.05, 4.69) is 59.1 Å². The molecule has 2 rings (SSSR count). The van der Waals surface area contributed by atoms with Crippen molar-refractivity contribution in [3.8, 4) is 0 Å². The summed E-state index contributed by atoms with van der Waals surface area (Å²) in [7, 11) is 0. The van der Waals surface area contributed by atoms with E-state index in [1.807, 2.05) is 6.92 Å². The van der Waals surface area contributed by atoms with Gasteiger partial charge in [0.1, 0.15) is 0 Å². The third-order valence-corrected chi connectivity index (χ3v) is 5.38. The lowest BCUT2D eigenvalue weighted by Crippen LogP contribution is -2.40. The molecule has 0 bridgehead atoms. The molecule has 1 aliphatic heterocycles. The van der Waals surface area contributed by atoms with Gasteiger partial charge in [0.25, 0.3) is 0 Å². The number of hydrogen-bond acceptors (Lipinski definition) is 3. The third-order valence-electron chi connectivity index (χ3n) is 5.38. The van der Waals surface area contributed by atoms with Crippen LogP contribution in [0.25, 0.3) is 0 Å². The molecule has 2 unspecified atom stereocenters. The fourth-order valence-corrected chi connectivity index (χ4v) is 4.30. The lowest BCUT2D eigenvalue weighted by atomic mass is 9.92. The molecule has 29 heavy (non-hydrogen) atoms. The number of hydrogen-bond donors (Lipinski definition) is 2. The van der Waals surface area contributed by atoms with Crippen LogP contribution in [-0.4, -0.2) is 59.9 Å². The maximum Gasteiger partial charge on any atom is 0.191 e. The first-order chi connectivity index (χ1) is 13.5. The van der Waals surface area contributed by atoms with E-state index in [0.29, 0.717) is 0 Å². The Hall–Kier alpha value is -0.830. The van der Waals surface area contributed by atoms with Gasteiger partial charge in [0, 0.05) is 45.0 Å². The van der Waals surface area contributed by atoms with Crippen molar-refractivity contribution >= 4 is 29.9 Å². The van der Waals surface area contributed by atoms with Crippen molar-refractivity contribution < 1.29 is 0 Å². The van der Waals surface area contributed by atoms with E-state index >= 15 is 0 Å². The van der Waals surface area contributed by atoms with Crippen molar-refractivity contribution in [2.24, 2.45) is 16.8 Å². The standard InChI is InChI=1S/C22H42N6.HI/c1-6-23-22(25-11-9-13-28-21(5)15-20(4)26-28)24-10-7-8-12-27-16-18(2)14-19(3)17-27;/h15,18-19H,6-14,16-17H2,1-5H3,(H2,23,24,25);1H. The summed E-state index contributed by atoms with van der Waals surface area (Å²) in [6.45, 7) is 18.5. The van der Waals surface area contributed by atoms with Gasteiger partial charge in [-0.25, -0.2) is 0 Å². The van der Waals surface area contributed by atoms with Crippen molar-refractivity contribution in [2.75, 3.05) is 39.3 Å². The zero-order valence-electron chi connectivity index (χ0n) is 19.2. The highest BCUT2D eigenvalue weighted by Gasteiger charge is 2.20. The molecule has 2 heterocycles. The Labute approximate surface area is 195 Å². The van der Waals surface area contributed by atoms with Crippen LogP contribution in [0.15, 0.2) is 11.1 Å². The molecule has 2 atom stereocenters. The fourth-order valence-electron chi connectivity index (χ4n) is 4.30. The van der Waals surface area contributed by atoms with Gasteiger partial charge < -0.3 is 15.5 Å². The molecule has 0 radical (unpaired) electrons. The molecule has 0 saturated carbocycles. The van der Waals surface area contributed by atoms with E-state index in [-0.39, 0.29) is 24.0 Å². The maximum absolute atomic E-state index is 4.72. The third kappa shape index (κ3) is 10.2. The molecule has 1 aliphatic rings. The largest absolute Gasteiger partial charge is 0.357 e. The average Bonchev–Trinajstić information content (AvgIpc) is 2.94. The van der Waals surface area contributed by atoms with Crippen LogP contribution in [0.5, 0.6) is 0 Å². The SMILES string of the molecule is CCNC(=NCCCn1nc(C)cc1C)NCCCCN1CC(C)CC(C)C1.I. The van der Waals surface area contributed by atoms with Gasteiger partial charge in [-0.2, -0.15) is 5.10 Å². The summed E-state index contributed by atoms with van der Waals surface area (Å²) in [6, 6.07) is 2.13. The number of halogens is 1. The van der Waals surface area contributed by atoms with Crippen molar-refractivity contribution in [2.45, 2.75) is 66.8 Å². The van der Waals surface area contributed by atoms with Crippen LogP contribution in [0.4, 0.5) is 0 Å². The van der Waals surface area contributed by atoms with Crippen molar-refractivity contribution in [3.63, 3.8) is 0 Å². The second-order valence-corrected chi connectivity index (χ2v) is 8.60. The number of nitrogens with zero attached hydrogens (tertiary/aromatic N) is 4. The molecule has 7 heteroatoms. The van der Waals surface area contributed by atoms with Crippen LogP contribution in [-0.2, 0) is 6.54 Å². The number of rotatable bonds is 10. The number of aliphatic imine (C=N–C) groups is 1. The summed E-state index contributed by atoms with van der Waals surface area (Å²) < 4.78 is 2.08. The van der Waals surface area contributed by atoms with E-state index in [1.54, 1.807) is 0 Å². The Morgan fingerprint density at radius 3 is 2.45 bits per heavy atom. The number of guanidine groups is 1. The first-order valence-corrected chi connectivity index (χ1v) is 11.2. The van der Waals surface area contributed by atoms with Gasteiger partial charge in [-0.1, -0.05) is 13.8 Å². The molecule has 2 N–H and O–H groups in total. The molecule has 168 valence electrons. The van der Waals surface area contributed by atoms with Gasteiger partial charge in [-0.3, -0.25) is 9.67 Å². The predicted octanol–water partition coefficient (Wildman–Crippen LogP) is 3.82. The van der Waals surface area contributed by atoms with E-state index in [4.69, 9.17) is 4.99 Å². The molecule has 6 nitrogen and oxygen atoms in total. The summed E-state index contributed by atoms with van der Waals surface area (Å²) >= 11 is 0. The summed E-state index contributed by atoms with van der Waals surface area (Å²) in [5, 5.41) is 11.4. The van der Waals surface area contributed by atoms with Gasteiger partial charge in [0.05, 0.1) is 5.69 Å². The number of unbranched alkanes of at least 4 members (excludes halogenated alkanes) is 1. The van der Waals surface area contributed by atoms with Gasteiger partial charge in [0.15, 0.2) is 5.96 Å². The van der Waals surface area contributed by atoms with Crippen LogP contribution in [0.2, 0.25) is 0 Å². The zero-order valence-corrected chi connectivity index (χ0v) is 21.5. The second kappa shape index (κ2) is 14.2. The van der Waals surface area contributed by atoms with Crippen LogP contribution in [0, 0.1) is 25.7 Å². The topological polar surface area (TPSA) is 57.5 Å². The Morgan fingerprint density at radius 2 is 1.83 bits per heavy atom.